The van der Waals surface area contributed by atoms with Crippen LogP contribution < -0.4 is 10.1 Å². The summed E-state index contributed by atoms with van der Waals surface area (Å²) in [5.41, 5.74) is 4.67. The molecule has 0 spiro atoms. The minimum Gasteiger partial charge on any atom is -0.484 e. The van der Waals surface area contributed by atoms with Crippen molar-refractivity contribution in [2.45, 2.75) is 13.8 Å². The van der Waals surface area contributed by atoms with Gasteiger partial charge in [0.05, 0.1) is 0 Å². The van der Waals surface area contributed by atoms with Crippen LogP contribution in [-0.2, 0) is 4.79 Å². The highest BCUT2D eigenvalue weighted by molar-refractivity contribution is 5.96. The monoisotopic (exact) mass is 422 g/mol. The normalized spacial score (nSPS) is 10.4. The number of carbonyl (C=O) groups is 1. The quantitative estimate of drug-likeness (QED) is 0.406. The predicted octanol–water partition coefficient (Wildman–Crippen LogP) is 6.12. The van der Waals surface area contributed by atoms with Gasteiger partial charge in [-0.1, -0.05) is 66.7 Å². The first-order valence-corrected chi connectivity index (χ1v) is 10.2. The molecule has 0 aliphatic heterocycles. The van der Waals surface area contributed by atoms with Gasteiger partial charge in [0.25, 0.3) is 5.91 Å². The number of nitrogens with zero attached hydrogens (tertiary/aromatic N) is 1. The smallest absolute Gasteiger partial charge is 0.264 e. The fraction of sp³-hybridized carbons (Fsp3) is 0.111. The summed E-state index contributed by atoms with van der Waals surface area (Å²) in [7, 11) is 0. The van der Waals surface area contributed by atoms with Gasteiger partial charge in [0.15, 0.2) is 6.61 Å². The minimum absolute atomic E-state index is 0.110. The maximum Gasteiger partial charge on any atom is 0.264 e. The first-order chi connectivity index (χ1) is 15.5. The van der Waals surface area contributed by atoms with Crippen molar-refractivity contribution in [3.05, 3.63) is 95.6 Å². The summed E-state index contributed by atoms with van der Waals surface area (Å²) in [5, 5.41) is 12.6. The second-order valence-electron chi connectivity index (χ2n) is 7.51. The van der Waals surface area contributed by atoms with Crippen LogP contribution >= 0.6 is 0 Å². The summed E-state index contributed by atoms with van der Waals surface area (Å²) in [4.78, 5) is 12.6. The van der Waals surface area contributed by atoms with Gasteiger partial charge in [-0.05, 0) is 42.7 Å². The summed E-state index contributed by atoms with van der Waals surface area (Å²) in [6.07, 6.45) is 0. The van der Waals surface area contributed by atoms with Crippen LogP contribution in [0.3, 0.4) is 0 Å². The van der Waals surface area contributed by atoms with Gasteiger partial charge in [-0.2, -0.15) is 5.26 Å². The molecule has 4 rings (SSSR count). The topological polar surface area (TPSA) is 75.3 Å². The maximum atomic E-state index is 12.6. The molecule has 4 aromatic rings. The highest BCUT2D eigenvalue weighted by Crippen LogP contribution is 2.41. The fourth-order valence-electron chi connectivity index (χ4n) is 3.63. The van der Waals surface area contributed by atoms with Crippen molar-refractivity contribution in [3.8, 4) is 34.3 Å². The van der Waals surface area contributed by atoms with Crippen LogP contribution in [0.1, 0.15) is 16.7 Å². The van der Waals surface area contributed by atoms with Gasteiger partial charge < -0.3 is 9.15 Å². The number of nitriles is 1. The Bertz CT molecular complexity index is 1270. The molecule has 0 aliphatic rings. The van der Waals surface area contributed by atoms with E-state index in [4.69, 9.17) is 9.15 Å². The van der Waals surface area contributed by atoms with Crippen molar-refractivity contribution in [2.24, 2.45) is 0 Å². The minimum atomic E-state index is -0.409. The van der Waals surface area contributed by atoms with Gasteiger partial charge >= 0.3 is 0 Å². The van der Waals surface area contributed by atoms with E-state index >= 15 is 0 Å². The van der Waals surface area contributed by atoms with Crippen LogP contribution in [0.5, 0.6) is 5.75 Å². The largest absolute Gasteiger partial charge is 0.484 e. The molecule has 1 amide bonds. The third kappa shape index (κ3) is 4.55. The number of amides is 1. The first-order valence-electron chi connectivity index (χ1n) is 10.2. The number of anilines is 1. The Morgan fingerprint density at radius 3 is 2.12 bits per heavy atom. The summed E-state index contributed by atoms with van der Waals surface area (Å²) < 4.78 is 11.7. The molecule has 0 bridgehead atoms. The number of ether oxygens (including phenoxy) is 1. The molecule has 1 N–H and O–H groups in total. The molecule has 1 heterocycles. The van der Waals surface area contributed by atoms with Gasteiger partial charge in [0.2, 0.25) is 5.88 Å². The Morgan fingerprint density at radius 2 is 1.53 bits per heavy atom. The van der Waals surface area contributed by atoms with E-state index in [1.807, 2.05) is 92.7 Å². The molecule has 0 saturated heterocycles. The Hall–Kier alpha value is -4.30. The molecule has 0 saturated carbocycles. The second-order valence-corrected chi connectivity index (χ2v) is 7.51. The van der Waals surface area contributed by atoms with Crippen LogP contribution in [0, 0.1) is 25.2 Å². The zero-order chi connectivity index (χ0) is 22.5. The lowest BCUT2D eigenvalue weighted by Crippen LogP contribution is -2.20. The van der Waals surface area contributed by atoms with E-state index in [0.717, 1.165) is 22.3 Å². The van der Waals surface area contributed by atoms with Crippen molar-refractivity contribution in [3.63, 3.8) is 0 Å². The standard InChI is InChI=1S/C27H22N2O3/c1-18-13-19(2)15-22(14-18)31-17-24(30)29-27-23(16-28)25(20-9-5-3-6-10-20)26(32-27)21-11-7-4-8-12-21/h3-15H,17H2,1-2H3,(H,29,30). The van der Waals surface area contributed by atoms with E-state index in [1.54, 1.807) is 0 Å². The molecule has 0 radical (unpaired) electrons. The van der Waals surface area contributed by atoms with E-state index in [1.165, 1.54) is 0 Å². The average Bonchev–Trinajstić information content (AvgIpc) is 3.16. The summed E-state index contributed by atoms with van der Waals surface area (Å²) in [6, 6.07) is 27.0. The van der Waals surface area contributed by atoms with Crippen LogP contribution in [0.15, 0.2) is 83.3 Å². The molecule has 32 heavy (non-hydrogen) atoms. The maximum absolute atomic E-state index is 12.6. The average molecular weight is 422 g/mol. The molecule has 3 aromatic carbocycles. The second kappa shape index (κ2) is 9.23. The highest BCUT2D eigenvalue weighted by Gasteiger charge is 2.24. The van der Waals surface area contributed by atoms with E-state index in [-0.39, 0.29) is 18.1 Å². The molecule has 1 aromatic heterocycles. The lowest BCUT2D eigenvalue weighted by molar-refractivity contribution is -0.118. The number of benzene rings is 3. The molecular weight excluding hydrogens is 400 g/mol. The third-order valence-corrected chi connectivity index (χ3v) is 4.94. The number of nitrogens with one attached hydrogen (secondary N) is 1. The zero-order valence-corrected chi connectivity index (χ0v) is 17.9. The number of rotatable bonds is 6. The fourth-order valence-corrected chi connectivity index (χ4v) is 3.63. The van der Waals surface area contributed by atoms with Gasteiger partial charge in [0, 0.05) is 11.1 Å². The molecule has 158 valence electrons. The number of aryl methyl sites for hydroxylation is 2. The Morgan fingerprint density at radius 1 is 0.938 bits per heavy atom. The molecule has 0 atom stereocenters. The zero-order valence-electron chi connectivity index (χ0n) is 17.9. The third-order valence-electron chi connectivity index (χ3n) is 4.94. The van der Waals surface area contributed by atoms with Crippen LogP contribution in [-0.4, -0.2) is 12.5 Å². The van der Waals surface area contributed by atoms with Crippen LogP contribution in [0.25, 0.3) is 22.5 Å². The predicted molar refractivity (Wildman–Crippen MR) is 124 cm³/mol. The highest BCUT2D eigenvalue weighted by atomic mass is 16.5. The summed E-state index contributed by atoms with van der Waals surface area (Å²) in [6.45, 7) is 3.74. The SMILES string of the molecule is Cc1cc(C)cc(OCC(=O)Nc2oc(-c3ccccc3)c(-c3ccccc3)c2C#N)c1. The number of carbonyl (C=O) groups excluding carboxylic acids is 1. The van der Waals surface area contributed by atoms with Crippen LogP contribution in [0.4, 0.5) is 5.88 Å². The summed E-state index contributed by atoms with van der Waals surface area (Å²) in [5.74, 6) is 0.847. The Kier molecular flexibility index (Phi) is 6.05. The van der Waals surface area contributed by atoms with Gasteiger partial charge in [-0.15, -0.1) is 0 Å². The summed E-state index contributed by atoms with van der Waals surface area (Å²) >= 11 is 0. The lowest BCUT2D eigenvalue weighted by atomic mass is 9.98. The molecule has 0 unspecified atom stereocenters. The molecule has 0 fully saturated rings. The van der Waals surface area contributed by atoms with E-state index in [0.29, 0.717) is 17.1 Å². The number of hydrogen-bond donors (Lipinski definition) is 1. The molecule has 0 aliphatic carbocycles. The first kappa shape index (κ1) is 21.0. The van der Waals surface area contributed by atoms with Crippen molar-refractivity contribution >= 4 is 11.8 Å². The van der Waals surface area contributed by atoms with Crippen molar-refractivity contribution < 1.29 is 13.9 Å². The number of hydrogen-bond acceptors (Lipinski definition) is 4. The Balaban J connectivity index is 1.64. The number of furan rings is 1. The van der Waals surface area contributed by atoms with Gasteiger partial charge in [-0.25, -0.2) is 0 Å². The van der Waals surface area contributed by atoms with E-state index in [2.05, 4.69) is 11.4 Å². The van der Waals surface area contributed by atoms with Gasteiger partial charge in [0.1, 0.15) is 23.1 Å². The van der Waals surface area contributed by atoms with Crippen molar-refractivity contribution in [1.29, 1.82) is 5.26 Å². The molecule has 5 nitrogen and oxygen atoms in total. The molecule has 5 heteroatoms. The van der Waals surface area contributed by atoms with Crippen LogP contribution in [0.2, 0.25) is 0 Å². The van der Waals surface area contributed by atoms with Crippen molar-refractivity contribution in [1.82, 2.24) is 0 Å². The van der Waals surface area contributed by atoms with E-state index in [9.17, 15) is 10.1 Å². The lowest BCUT2D eigenvalue weighted by Gasteiger charge is -2.08. The Labute approximate surface area is 186 Å². The van der Waals surface area contributed by atoms with E-state index < -0.39 is 5.91 Å². The molecular formula is C27H22N2O3. The van der Waals surface area contributed by atoms with Crippen molar-refractivity contribution in [2.75, 3.05) is 11.9 Å². The van der Waals surface area contributed by atoms with Gasteiger partial charge in [-0.3, -0.25) is 10.1 Å².